The largest absolute Gasteiger partial charge is 0.462 e. The Morgan fingerprint density at radius 1 is 0.846 bits per heavy atom. The number of amides is 2. The highest BCUT2D eigenvalue weighted by molar-refractivity contribution is 5.98. The van der Waals surface area contributed by atoms with Crippen LogP contribution in [0.1, 0.15) is 0 Å². The fraction of sp³-hybridized carbons (Fsp3) is 0.500. The molecule has 218 valence electrons. The molecular weight excluding hydrogens is 524 g/mol. The van der Waals surface area contributed by atoms with Crippen LogP contribution in [0.4, 0.5) is 5.69 Å². The summed E-state index contributed by atoms with van der Waals surface area (Å²) in [7, 11) is 0. The van der Waals surface area contributed by atoms with E-state index >= 15 is 0 Å². The molecular formula is C24H34N2O13. The van der Waals surface area contributed by atoms with Gasteiger partial charge in [0.1, 0.15) is 54.6 Å². The molecule has 2 fully saturated rings. The minimum atomic E-state index is -1.75. The molecule has 0 aromatic heterocycles. The molecule has 2 aliphatic rings. The van der Waals surface area contributed by atoms with Gasteiger partial charge in [0.25, 0.3) is 0 Å². The molecule has 0 bridgehead atoms. The molecule has 39 heavy (non-hydrogen) atoms. The SMILES string of the molecule is C=CC(=O)Nc1ccc(O[C@@H]2O[C@H](CO)[C@H](O[C@@H]3O[C@H](CO)[C@@H](O)[C@H](O)[C@H]3O)[C@@H](O)[C@H]2O)cc1.C=CC(N)=O. The molecule has 10 N–H and O–H groups in total. The van der Waals surface area contributed by atoms with E-state index in [2.05, 4.69) is 24.2 Å². The molecule has 0 radical (unpaired) electrons. The quantitative estimate of drug-likeness (QED) is 0.133. The third-order valence-electron chi connectivity index (χ3n) is 5.72. The van der Waals surface area contributed by atoms with Crippen LogP contribution in [0.3, 0.4) is 0 Å². The second-order valence-electron chi connectivity index (χ2n) is 8.45. The van der Waals surface area contributed by atoms with E-state index in [-0.39, 0.29) is 5.75 Å². The normalized spacial score (nSPS) is 34.1. The number of anilines is 1. The van der Waals surface area contributed by atoms with E-state index in [4.69, 9.17) is 18.9 Å². The molecule has 2 heterocycles. The smallest absolute Gasteiger partial charge is 0.247 e. The van der Waals surface area contributed by atoms with Gasteiger partial charge in [-0.2, -0.15) is 0 Å². The van der Waals surface area contributed by atoms with E-state index in [1.165, 1.54) is 24.3 Å². The van der Waals surface area contributed by atoms with E-state index < -0.39 is 86.4 Å². The molecule has 15 nitrogen and oxygen atoms in total. The number of rotatable bonds is 9. The summed E-state index contributed by atoms with van der Waals surface area (Å²) in [6, 6.07) is 6.01. The van der Waals surface area contributed by atoms with Gasteiger partial charge < -0.3 is 65.7 Å². The number of ether oxygens (including phenoxy) is 4. The van der Waals surface area contributed by atoms with Crippen molar-refractivity contribution in [3.05, 3.63) is 49.6 Å². The number of hydrogen-bond acceptors (Lipinski definition) is 13. The van der Waals surface area contributed by atoms with Crippen LogP contribution in [0.2, 0.25) is 0 Å². The highest BCUT2D eigenvalue weighted by atomic mass is 16.7. The summed E-state index contributed by atoms with van der Waals surface area (Å²) in [5.41, 5.74) is 5.00. The number of nitrogens with one attached hydrogen (secondary N) is 1. The zero-order chi connectivity index (χ0) is 29.3. The maximum atomic E-state index is 11.4. The lowest BCUT2D eigenvalue weighted by atomic mass is 9.97. The Labute approximate surface area is 223 Å². The molecule has 3 rings (SSSR count). The summed E-state index contributed by atoms with van der Waals surface area (Å²) in [5, 5.41) is 72.7. The summed E-state index contributed by atoms with van der Waals surface area (Å²) in [6.07, 6.45) is -13.2. The Kier molecular flexibility index (Phi) is 12.4. The zero-order valence-corrected chi connectivity index (χ0v) is 20.7. The number of carbonyl (C=O) groups is 2. The van der Waals surface area contributed by atoms with Gasteiger partial charge in [0.15, 0.2) is 6.29 Å². The van der Waals surface area contributed by atoms with Crippen LogP contribution in [0.5, 0.6) is 5.75 Å². The Morgan fingerprint density at radius 3 is 1.90 bits per heavy atom. The minimum Gasteiger partial charge on any atom is -0.462 e. The first kappa shape index (κ1) is 32.3. The standard InChI is InChI=1S/C21H29NO12.C3H5NO/c1-2-13(25)22-9-3-5-10(6-4-9)31-20-18(30)16(28)19(12(8-24)33-20)34-21-17(29)15(27)14(26)11(7-23)32-21;1-2-3(4)5/h2-6,11-12,14-21,23-24,26-30H,1,7-8H2,(H,22,25);2H,1H2,(H2,4,5)/t11-,12-,14-,15+,16+,17-,18-,19+,20-,21+;/m1./s1. The van der Waals surface area contributed by atoms with Crippen LogP contribution in [0.15, 0.2) is 49.6 Å². The first-order valence-electron chi connectivity index (χ1n) is 11.7. The van der Waals surface area contributed by atoms with Crippen molar-refractivity contribution in [3.63, 3.8) is 0 Å². The Bertz CT molecular complexity index is 958. The van der Waals surface area contributed by atoms with Gasteiger partial charge in [0.05, 0.1) is 13.2 Å². The average molecular weight is 559 g/mol. The molecule has 0 unspecified atom stereocenters. The van der Waals surface area contributed by atoms with E-state index in [1.807, 2.05) is 0 Å². The fourth-order valence-corrected chi connectivity index (χ4v) is 3.60. The van der Waals surface area contributed by atoms with E-state index in [0.717, 1.165) is 12.2 Å². The van der Waals surface area contributed by atoms with Crippen LogP contribution in [0, 0.1) is 0 Å². The molecule has 1 aromatic rings. The summed E-state index contributed by atoms with van der Waals surface area (Å²) >= 11 is 0. The minimum absolute atomic E-state index is 0.220. The molecule has 0 aliphatic carbocycles. The van der Waals surface area contributed by atoms with Gasteiger partial charge in [0, 0.05) is 5.69 Å². The van der Waals surface area contributed by atoms with Crippen molar-refractivity contribution in [1.29, 1.82) is 0 Å². The van der Waals surface area contributed by atoms with Crippen LogP contribution < -0.4 is 15.8 Å². The van der Waals surface area contributed by atoms with E-state index in [0.29, 0.717) is 5.69 Å². The van der Waals surface area contributed by atoms with E-state index in [1.54, 1.807) is 0 Å². The first-order chi connectivity index (χ1) is 18.5. The maximum Gasteiger partial charge on any atom is 0.247 e. The van der Waals surface area contributed by atoms with Crippen molar-refractivity contribution in [1.82, 2.24) is 0 Å². The van der Waals surface area contributed by atoms with Crippen LogP contribution in [0.25, 0.3) is 0 Å². The van der Waals surface area contributed by atoms with Crippen molar-refractivity contribution in [2.24, 2.45) is 5.73 Å². The van der Waals surface area contributed by atoms with Crippen LogP contribution >= 0.6 is 0 Å². The topological polar surface area (TPSA) is 251 Å². The van der Waals surface area contributed by atoms with Crippen molar-refractivity contribution >= 4 is 17.5 Å². The third kappa shape index (κ3) is 8.51. The van der Waals surface area contributed by atoms with Crippen molar-refractivity contribution in [3.8, 4) is 5.75 Å². The van der Waals surface area contributed by atoms with Gasteiger partial charge in [-0.05, 0) is 36.4 Å². The number of carbonyl (C=O) groups excluding carboxylic acids is 2. The van der Waals surface area contributed by atoms with Gasteiger partial charge in [-0.25, -0.2) is 0 Å². The number of aliphatic hydroxyl groups is 7. The number of nitrogens with two attached hydrogens (primary N) is 1. The summed E-state index contributed by atoms with van der Waals surface area (Å²) in [5.74, 6) is -0.665. The highest BCUT2D eigenvalue weighted by Gasteiger charge is 2.51. The third-order valence-corrected chi connectivity index (χ3v) is 5.72. The van der Waals surface area contributed by atoms with Crippen molar-refractivity contribution in [2.45, 2.75) is 61.4 Å². The van der Waals surface area contributed by atoms with Crippen molar-refractivity contribution in [2.75, 3.05) is 18.5 Å². The molecule has 0 saturated carbocycles. The van der Waals surface area contributed by atoms with Gasteiger partial charge >= 0.3 is 0 Å². The van der Waals surface area contributed by atoms with E-state index in [9.17, 15) is 45.3 Å². The molecule has 2 aliphatic heterocycles. The number of aliphatic hydroxyl groups excluding tert-OH is 7. The second-order valence-corrected chi connectivity index (χ2v) is 8.45. The lowest BCUT2D eigenvalue weighted by Gasteiger charge is -2.45. The lowest BCUT2D eigenvalue weighted by molar-refractivity contribution is -0.352. The maximum absolute atomic E-state index is 11.4. The van der Waals surface area contributed by atoms with Crippen LogP contribution in [-0.2, 0) is 23.8 Å². The molecule has 2 saturated heterocycles. The fourth-order valence-electron chi connectivity index (χ4n) is 3.60. The summed E-state index contributed by atoms with van der Waals surface area (Å²) < 4.78 is 21.8. The first-order valence-corrected chi connectivity index (χ1v) is 11.7. The number of hydrogen-bond donors (Lipinski definition) is 9. The van der Waals surface area contributed by atoms with Gasteiger partial charge in [-0.15, -0.1) is 0 Å². The summed E-state index contributed by atoms with van der Waals surface area (Å²) in [4.78, 5) is 20.8. The van der Waals surface area contributed by atoms with Gasteiger partial charge in [0.2, 0.25) is 18.1 Å². The average Bonchev–Trinajstić information content (AvgIpc) is 2.93. The number of primary amides is 1. The second kappa shape index (κ2) is 15.0. The molecule has 15 heteroatoms. The number of benzene rings is 1. The Hall–Kier alpha value is -2.96. The Balaban J connectivity index is 0.000000976. The lowest BCUT2D eigenvalue weighted by Crippen LogP contribution is -2.65. The zero-order valence-electron chi connectivity index (χ0n) is 20.7. The van der Waals surface area contributed by atoms with Crippen molar-refractivity contribution < 1.29 is 64.3 Å². The van der Waals surface area contributed by atoms with Gasteiger partial charge in [-0.1, -0.05) is 13.2 Å². The monoisotopic (exact) mass is 558 g/mol. The Morgan fingerprint density at radius 2 is 1.38 bits per heavy atom. The highest BCUT2D eigenvalue weighted by Crippen LogP contribution is 2.30. The molecule has 1 aromatic carbocycles. The molecule has 10 atom stereocenters. The van der Waals surface area contributed by atoms with Crippen LogP contribution in [-0.4, -0.2) is 122 Å². The predicted octanol–water partition coefficient (Wildman–Crippen LogP) is -3.53. The molecule has 0 spiro atoms. The summed E-state index contributed by atoms with van der Waals surface area (Å²) in [6.45, 7) is 5.07. The van der Waals surface area contributed by atoms with Gasteiger partial charge in [-0.3, -0.25) is 9.59 Å². The predicted molar refractivity (Wildman–Crippen MR) is 132 cm³/mol. The molecule has 2 amide bonds.